The van der Waals surface area contributed by atoms with E-state index in [0.717, 1.165) is 24.2 Å². The van der Waals surface area contributed by atoms with Crippen LogP contribution < -0.4 is 5.32 Å². The summed E-state index contributed by atoms with van der Waals surface area (Å²) in [6.45, 7) is 6.73. The van der Waals surface area contributed by atoms with E-state index >= 15 is 0 Å². The Hall–Kier alpha value is -1.84. The van der Waals surface area contributed by atoms with Crippen LogP contribution in [0.4, 0.5) is 10.1 Å². The molecule has 1 aromatic heterocycles. The zero-order valence-electron chi connectivity index (χ0n) is 12.4. The second-order valence-corrected chi connectivity index (χ2v) is 5.02. The van der Waals surface area contributed by atoms with Gasteiger partial charge in [0.2, 0.25) is 0 Å². The van der Waals surface area contributed by atoms with E-state index in [-0.39, 0.29) is 5.82 Å². The number of rotatable bonds is 6. The van der Waals surface area contributed by atoms with E-state index in [1.54, 1.807) is 13.0 Å². The smallest absolute Gasteiger partial charge is 0.128 e. The summed E-state index contributed by atoms with van der Waals surface area (Å²) in [5.74, 6) is -0.183. The Labute approximate surface area is 119 Å². The topological polar surface area (TPSA) is 29.9 Å². The molecular formula is C16H22FN3. The Kier molecular flexibility index (Phi) is 4.77. The number of benzene rings is 1. The highest BCUT2D eigenvalue weighted by Gasteiger charge is 2.08. The molecule has 0 saturated carbocycles. The van der Waals surface area contributed by atoms with Crippen LogP contribution in [-0.2, 0) is 6.54 Å². The SMILES string of the molecule is CCC(CC)n1ccc(CNc2cccc(F)c2C)n1. The normalized spacial score (nSPS) is 11.1. The lowest BCUT2D eigenvalue weighted by atomic mass is 10.2. The fourth-order valence-electron chi connectivity index (χ4n) is 2.32. The predicted molar refractivity (Wildman–Crippen MR) is 80.3 cm³/mol. The van der Waals surface area contributed by atoms with Crippen LogP contribution in [0.15, 0.2) is 30.5 Å². The number of halogens is 1. The van der Waals surface area contributed by atoms with Crippen LogP contribution in [0.5, 0.6) is 0 Å². The van der Waals surface area contributed by atoms with Gasteiger partial charge in [-0.05, 0) is 38.0 Å². The molecule has 1 heterocycles. The molecule has 0 radical (unpaired) electrons. The van der Waals surface area contributed by atoms with Gasteiger partial charge in [-0.25, -0.2) is 4.39 Å². The van der Waals surface area contributed by atoms with Gasteiger partial charge in [-0.2, -0.15) is 5.10 Å². The number of aromatic nitrogens is 2. The molecule has 0 atom stereocenters. The van der Waals surface area contributed by atoms with E-state index in [1.807, 2.05) is 23.0 Å². The van der Waals surface area contributed by atoms with E-state index in [0.29, 0.717) is 18.2 Å². The van der Waals surface area contributed by atoms with Crippen molar-refractivity contribution < 1.29 is 4.39 Å². The summed E-state index contributed by atoms with van der Waals surface area (Å²) in [5.41, 5.74) is 2.44. The average Bonchev–Trinajstić information content (AvgIpc) is 2.91. The van der Waals surface area contributed by atoms with Crippen LogP contribution in [0.2, 0.25) is 0 Å². The summed E-state index contributed by atoms with van der Waals surface area (Å²) in [6.07, 6.45) is 4.18. The molecule has 0 amide bonds. The van der Waals surface area contributed by atoms with Gasteiger partial charge in [0.15, 0.2) is 0 Å². The minimum atomic E-state index is -0.183. The van der Waals surface area contributed by atoms with Gasteiger partial charge in [0, 0.05) is 17.4 Å². The maximum Gasteiger partial charge on any atom is 0.128 e. The lowest BCUT2D eigenvalue weighted by Gasteiger charge is -2.12. The molecule has 0 spiro atoms. The highest BCUT2D eigenvalue weighted by atomic mass is 19.1. The molecule has 20 heavy (non-hydrogen) atoms. The Morgan fingerprint density at radius 3 is 2.70 bits per heavy atom. The van der Waals surface area contributed by atoms with Crippen molar-refractivity contribution in [1.29, 1.82) is 0 Å². The third kappa shape index (κ3) is 3.18. The Morgan fingerprint density at radius 2 is 2.00 bits per heavy atom. The van der Waals surface area contributed by atoms with Crippen molar-refractivity contribution in [2.75, 3.05) is 5.32 Å². The molecule has 2 aromatic rings. The summed E-state index contributed by atoms with van der Waals surface area (Å²) in [4.78, 5) is 0. The van der Waals surface area contributed by atoms with Gasteiger partial charge in [-0.15, -0.1) is 0 Å². The summed E-state index contributed by atoms with van der Waals surface area (Å²) in [7, 11) is 0. The Balaban J connectivity index is 2.03. The lowest BCUT2D eigenvalue weighted by molar-refractivity contribution is 0.426. The van der Waals surface area contributed by atoms with Crippen molar-refractivity contribution in [2.45, 2.75) is 46.2 Å². The van der Waals surface area contributed by atoms with Crippen LogP contribution in [-0.4, -0.2) is 9.78 Å². The van der Waals surface area contributed by atoms with E-state index in [1.165, 1.54) is 6.07 Å². The van der Waals surface area contributed by atoms with Gasteiger partial charge in [0.1, 0.15) is 5.82 Å². The monoisotopic (exact) mass is 275 g/mol. The molecule has 108 valence electrons. The third-order valence-electron chi connectivity index (χ3n) is 3.71. The van der Waals surface area contributed by atoms with Crippen molar-refractivity contribution in [3.63, 3.8) is 0 Å². The first-order valence-electron chi connectivity index (χ1n) is 7.18. The maximum atomic E-state index is 13.4. The first kappa shape index (κ1) is 14.6. The van der Waals surface area contributed by atoms with Gasteiger partial charge in [0.25, 0.3) is 0 Å². The highest BCUT2D eigenvalue weighted by molar-refractivity contribution is 5.51. The van der Waals surface area contributed by atoms with Crippen molar-refractivity contribution in [3.8, 4) is 0 Å². The second-order valence-electron chi connectivity index (χ2n) is 5.02. The minimum Gasteiger partial charge on any atom is -0.379 e. The van der Waals surface area contributed by atoms with Crippen LogP contribution in [0.1, 0.15) is 44.0 Å². The van der Waals surface area contributed by atoms with E-state index < -0.39 is 0 Å². The fourth-order valence-corrected chi connectivity index (χ4v) is 2.32. The first-order chi connectivity index (χ1) is 9.65. The second kappa shape index (κ2) is 6.55. The molecule has 3 nitrogen and oxygen atoms in total. The number of anilines is 1. The molecular weight excluding hydrogens is 253 g/mol. The summed E-state index contributed by atoms with van der Waals surface area (Å²) >= 11 is 0. The van der Waals surface area contributed by atoms with Crippen molar-refractivity contribution in [1.82, 2.24) is 9.78 Å². The summed E-state index contributed by atoms with van der Waals surface area (Å²) < 4.78 is 15.5. The zero-order chi connectivity index (χ0) is 14.5. The molecule has 1 aromatic carbocycles. The molecule has 2 rings (SSSR count). The standard InChI is InChI=1S/C16H22FN3/c1-4-14(5-2)20-10-9-13(19-20)11-18-16-8-6-7-15(17)12(16)3/h6-10,14,18H,4-5,11H2,1-3H3. The fraction of sp³-hybridized carbons (Fsp3) is 0.438. The molecule has 0 unspecified atom stereocenters. The number of hydrogen-bond acceptors (Lipinski definition) is 2. The van der Waals surface area contributed by atoms with Crippen LogP contribution in [0, 0.1) is 12.7 Å². The van der Waals surface area contributed by atoms with Gasteiger partial charge < -0.3 is 5.32 Å². The molecule has 1 N–H and O–H groups in total. The zero-order valence-corrected chi connectivity index (χ0v) is 12.4. The number of nitrogens with one attached hydrogen (secondary N) is 1. The number of nitrogens with zero attached hydrogens (tertiary/aromatic N) is 2. The molecule has 0 aliphatic rings. The average molecular weight is 275 g/mol. The minimum absolute atomic E-state index is 0.183. The third-order valence-corrected chi connectivity index (χ3v) is 3.71. The molecule has 0 aliphatic carbocycles. The van der Waals surface area contributed by atoms with Crippen LogP contribution in [0.25, 0.3) is 0 Å². The van der Waals surface area contributed by atoms with Crippen molar-refractivity contribution in [3.05, 3.63) is 47.5 Å². The van der Waals surface area contributed by atoms with Gasteiger partial charge in [-0.1, -0.05) is 19.9 Å². The van der Waals surface area contributed by atoms with Gasteiger partial charge in [0.05, 0.1) is 18.3 Å². The Bertz CT molecular complexity index is 559. The Morgan fingerprint density at radius 1 is 1.25 bits per heavy atom. The summed E-state index contributed by atoms with van der Waals surface area (Å²) in [6, 6.07) is 7.55. The van der Waals surface area contributed by atoms with Gasteiger partial charge in [-0.3, -0.25) is 4.68 Å². The van der Waals surface area contributed by atoms with Crippen LogP contribution in [0.3, 0.4) is 0 Å². The molecule has 0 fully saturated rings. The first-order valence-corrected chi connectivity index (χ1v) is 7.18. The van der Waals surface area contributed by atoms with E-state index in [4.69, 9.17) is 0 Å². The largest absolute Gasteiger partial charge is 0.379 e. The van der Waals surface area contributed by atoms with Gasteiger partial charge >= 0.3 is 0 Å². The predicted octanol–water partition coefficient (Wildman–Crippen LogP) is 4.30. The highest BCUT2D eigenvalue weighted by Crippen LogP contribution is 2.19. The molecule has 0 aliphatic heterocycles. The van der Waals surface area contributed by atoms with E-state index in [2.05, 4.69) is 24.3 Å². The lowest BCUT2D eigenvalue weighted by Crippen LogP contribution is -2.09. The van der Waals surface area contributed by atoms with E-state index in [9.17, 15) is 4.39 Å². The summed E-state index contributed by atoms with van der Waals surface area (Å²) in [5, 5.41) is 7.82. The van der Waals surface area contributed by atoms with Crippen molar-refractivity contribution >= 4 is 5.69 Å². The van der Waals surface area contributed by atoms with Crippen molar-refractivity contribution in [2.24, 2.45) is 0 Å². The number of hydrogen-bond donors (Lipinski definition) is 1. The van der Waals surface area contributed by atoms with Crippen LogP contribution >= 0.6 is 0 Å². The maximum absolute atomic E-state index is 13.4. The molecule has 0 saturated heterocycles. The quantitative estimate of drug-likeness (QED) is 0.851. The molecule has 0 bridgehead atoms. The molecule has 4 heteroatoms.